The van der Waals surface area contributed by atoms with Crippen LogP contribution in [0.5, 0.6) is 0 Å². The van der Waals surface area contributed by atoms with Crippen LogP contribution in [0.15, 0.2) is 18.2 Å². The molecule has 0 saturated carbocycles. The zero-order valence-corrected chi connectivity index (χ0v) is 12.6. The molecule has 1 aromatic carbocycles. The number of carbonyl (C=O) groups excluding carboxylic acids is 1. The Kier molecular flexibility index (Phi) is 5.18. The van der Waals surface area contributed by atoms with Crippen LogP contribution in [0.4, 0.5) is 0 Å². The van der Waals surface area contributed by atoms with Gasteiger partial charge in [-0.3, -0.25) is 0 Å². The standard InChI is InChI=1S/C17H24O3/c1-4-6-7-8-12-9-13(16-15(5-2)20-16)11-14(10-12)17(18)19-3/h9-11,15-16H,4-8H2,1-3H3. The SMILES string of the molecule is CCCCCc1cc(C(=O)OC)cc(C2OC2CC)c1. The highest BCUT2D eigenvalue weighted by atomic mass is 16.6. The third-order valence-corrected chi connectivity index (χ3v) is 3.82. The summed E-state index contributed by atoms with van der Waals surface area (Å²) >= 11 is 0. The van der Waals surface area contributed by atoms with Crippen molar-refractivity contribution in [2.45, 2.75) is 58.2 Å². The van der Waals surface area contributed by atoms with Gasteiger partial charge in [0, 0.05) is 0 Å². The summed E-state index contributed by atoms with van der Waals surface area (Å²) in [5, 5.41) is 0. The molecular weight excluding hydrogens is 252 g/mol. The molecule has 1 aromatic rings. The number of aryl methyl sites for hydroxylation is 1. The van der Waals surface area contributed by atoms with Gasteiger partial charge in [0.25, 0.3) is 0 Å². The Bertz CT molecular complexity index is 467. The van der Waals surface area contributed by atoms with Crippen molar-refractivity contribution in [3.63, 3.8) is 0 Å². The molecule has 1 heterocycles. The minimum Gasteiger partial charge on any atom is -0.465 e. The molecule has 0 radical (unpaired) electrons. The molecule has 3 heteroatoms. The number of esters is 1. The zero-order valence-electron chi connectivity index (χ0n) is 12.6. The number of methoxy groups -OCH3 is 1. The van der Waals surface area contributed by atoms with E-state index >= 15 is 0 Å². The normalized spacial score (nSPS) is 20.8. The zero-order chi connectivity index (χ0) is 14.5. The predicted molar refractivity (Wildman–Crippen MR) is 78.9 cm³/mol. The van der Waals surface area contributed by atoms with Gasteiger partial charge in [0.15, 0.2) is 0 Å². The molecule has 1 saturated heterocycles. The van der Waals surface area contributed by atoms with Crippen LogP contribution < -0.4 is 0 Å². The van der Waals surface area contributed by atoms with Crippen molar-refractivity contribution < 1.29 is 14.3 Å². The lowest BCUT2D eigenvalue weighted by Gasteiger charge is -2.07. The molecule has 2 unspecified atom stereocenters. The van der Waals surface area contributed by atoms with Gasteiger partial charge in [0.1, 0.15) is 6.10 Å². The van der Waals surface area contributed by atoms with Crippen LogP contribution in [0.1, 0.15) is 67.1 Å². The molecule has 0 spiro atoms. The van der Waals surface area contributed by atoms with E-state index in [0.717, 1.165) is 24.8 Å². The Labute approximate surface area is 121 Å². The number of carbonyl (C=O) groups is 1. The van der Waals surface area contributed by atoms with Crippen LogP contribution in [0.3, 0.4) is 0 Å². The van der Waals surface area contributed by atoms with Gasteiger partial charge < -0.3 is 9.47 Å². The maximum Gasteiger partial charge on any atom is 0.337 e. The Morgan fingerprint density at radius 3 is 2.65 bits per heavy atom. The van der Waals surface area contributed by atoms with E-state index in [1.54, 1.807) is 0 Å². The first-order chi connectivity index (χ1) is 9.69. The second-order valence-corrected chi connectivity index (χ2v) is 5.42. The Morgan fingerprint density at radius 1 is 1.25 bits per heavy atom. The van der Waals surface area contributed by atoms with Gasteiger partial charge in [0.2, 0.25) is 0 Å². The van der Waals surface area contributed by atoms with E-state index in [-0.39, 0.29) is 12.1 Å². The van der Waals surface area contributed by atoms with Crippen molar-refractivity contribution in [3.05, 3.63) is 34.9 Å². The van der Waals surface area contributed by atoms with Crippen molar-refractivity contribution in [1.82, 2.24) is 0 Å². The van der Waals surface area contributed by atoms with Crippen LogP contribution in [-0.2, 0) is 15.9 Å². The second-order valence-electron chi connectivity index (χ2n) is 5.42. The highest BCUT2D eigenvalue weighted by Gasteiger charge is 2.38. The molecule has 0 N–H and O–H groups in total. The average Bonchev–Trinajstić information content (AvgIpc) is 3.26. The second kappa shape index (κ2) is 6.89. The van der Waals surface area contributed by atoms with Gasteiger partial charge in [0.05, 0.1) is 18.8 Å². The fourth-order valence-electron chi connectivity index (χ4n) is 2.59. The van der Waals surface area contributed by atoms with Crippen LogP contribution in [0, 0.1) is 0 Å². The summed E-state index contributed by atoms with van der Waals surface area (Å²) in [6.45, 7) is 4.32. The molecule has 0 bridgehead atoms. The van der Waals surface area contributed by atoms with E-state index in [4.69, 9.17) is 9.47 Å². The van der Waals surface area contributed by atoms with E-state index in [0.29, 0.717) is 11.7 Å². The number of ether oxygens (including phenoxy) is 2. The number of rotatable bonds is 7. The van der Waals surface area contributed by atoms with Crippen LogP contribution in [0.2, 0.25) is 0 Å². The number of benzene rings is 1. The predicted octanol–water partition coefficient (Wildman–Crippen LogP) is 4.06. The monoisotopic (exact) mass is 276 g/mol. The molecule has 2 atom stereocenters. The van der Waals surface area contributed by atoms with Gasteiger partial charge in [-0.2, -0.15) is 0 Å². The summed E-state index contributed by atoms with van der Waals surface area (Å²) in [7, 11) is 1.42. The smallest absolute Gasteiger partial charge is 0.337 e. The molecule has 3 nitrogen and oxygen atoms in total. The largest absolute Gasteiger partial charge is 0.465 e. The summed E-state index contributed by atoms with van der Waals surface area (Å²) in [4.78, 5) is 11.8. The third kappa shape index (κ3) is 3.60. The van der Waals surface area contributed by atoms with Crippen molar-refractivity contribution in [2.75, 3.05) is 7.11 Å². The minimum atomic E-state index is -0.266. The minimum absolute atomic E-state index is 0.162. The summed E-state index contributed by atoms with van der Waals surface area (Å²) < 4.78 is 10.5. The molecule has 0 aliphatic carbocycles. The highest BCUT2D eigenvalue weighted by molar-refractivity contribution is 5.89. The van der Waals surface area contributed by atoms with E-state index < -0.39 is 0 Å². The average molecular weight is 276 g/mol. The Morgan fingerprint density at radius 2 is 2.05 bits per heavy atom. The van der Waals surface area contributed by atoms with Crippen LogP contribution in [0.25, 0.3) is 0 Å². The maximum atomic E-state index is 11.8. The number of unbranched alkanes of at least 4 members (excludes halogenated alkanes) is 2. The molecule has 1 fully saturated rings. The molecule has 110 valence electrons. The summed E-state index contributed by atoms with van der Waals surface area (Å²) in [6.07, 6.45) is 6.07. The molecule has 0 aromatic heterocycles. The summed E-state index contributed by atoms with van der Waals surface area (Å²) in [6, 6.07) is 6.05. The summed E-state index contributed by atoms with van der Waals surface area (Å²) in [5.41, 5.74) is 2.97. The fourth-order valence-corrected chi connectivity index (χ4v) is 2.59. The first-order valence-electron chi connectivity index (χ1n) is 7.57. The molecular formula is C17H24O3. The third-order valence-electron chi connectivity index (χ3n) is 3.82. The Hall–Kier alpha value is -1.35. The number of epoxide rings is 1. The molecule has 0 amide bonds. The molecule has 1 aliphatic rings. The number of hydrogen-bond acceptors (Lipinski definition) is 3. The van der Waals surface area contributed by atoms with E-state index in [9.17, 15) is 4.79 Å². The van der Waals surface area contributed by atoms with Crippen molar-refractivity contribution in [3.8, 4) is 0 Å². The first-order valence-corrected chi connectivity index (χ1v) is 7.57. The lowest BCUT2D eigenvalue weighted by atomic mass is 9.98. The van der Waals surface area contributed by atoms with E-state index in [2.05, 4.69) is 19.9 Å². The van der Waals surface area contributed by atoms with Gasteiger partial charge in [-0.1, -0.05) is 32.8 Å². The molecule has 1 aliphatic heterocycles. The fraction of sp³-hybridized carbons (Fsp3) is 0.588. The van der Waals surface area contributed by atoms with Gasteiger partial charge in [-0.25, -0.2) is 4.79 Å². The maximum absolute atomic E-state index is 11.8. The van der Waals surface area contributed by atoms with Crippen molar-refractivity contribution in [2.24, 2.45) is 0 Å². The van der Waals surface area contributed by atoms with Crippen molar-refractivity contribution in [1.29, 1.82) is 0 Å². The van der Waals surface area contributed by atoms with Crippen LogP contribution >= 0.6 is 0 Å². The van der Waals surface area contributed by atoms with Crippen LogP contribution in [-0.4, -0.2) is 19.2 Å². The lowest BCUT2D eigenvalue weighted by molar-refractivity contribution is 0.0600. The number of hydrogen-bond donors (Lipinski definition) is 0. The topological polar surface area (TPSA) is 38.8 Å². The Balaban J connectivity index is 2.18. The van der Waals surface area contributed by atoms with E-state index in [1.165, 1.54) is 25.5 Å². The molecule has 2 rings (SSSR count). The van der Waals surface area contributed by atoms with Gasteiger partial charge >= 0.3 is 5.97 Å². The first kappa shape index (κ1) is 15.0. The van der Waals surface area contributed by atoms with Crippen molar-refractivity contribution >= 4 is 5.97 Å². The van der Waals surface area contributed by atoms with Gasteiger partial charge in [-0.15, -0.1) is 0 Å². The summed E-state index contributed by atoms with van der Waals surface area (Å²) in [5.74, 6) is -0.266. The highest BCUT2D eigenvalue weighted by Crippen LogP contribution is 2.41. The lowest BCUT2D eigenvalue weighted by Crippen LogP contribution is -2.04. The van der Waals surface area contributed by atoms with Gasteiger partial charge in [-0.05, 0) is 42.5 Å². The quantitative estimate of drug-likeness (QED) is 0.428. The molecule has 20 heavy (non-hydrogen) atoms. The van der Waals surface area contributed by atoms with E-state index in [1.807, 2.05) is 12.1 Å².